The predicted molar refractivity (Wildman–Crippen MR) is 183 cm³/mol. The number of benzene rings is 2. The molecule has 15 heteroatoms. The molecule has 0 unspecified atom stereocenters. The van der Waals surface area contributed by atoms with Gasteiger partial charge in [-0.1, -0.05) is 41.7 Å². The summed E-state index contributed by atoms with van der Waals surface area (Å²) in [4.78, 5) is 37.4. The molecule has 2 amide bonds. The predicted octanol–water partition coefficient (Wildman–Crippen LogP) is 6.36. The number of nitrogens with one attached hydrogen (secondary N) is 2. The van der Waals surface area contributed by atoms with Crippen molar-refractivity contribution in [2.45, 2.75) is 42.4 Å². The van der Waals surface area contributed by atoms with E-state index in [-0.39, 0.29) is 17.6 Å². The van der Waals surface area contributed by atoms with Crippen molar-refractivity contribution in [2.75, 3.05) is 16.4 Å². The first-order valence-electron chi connectivity index (χ1n) is 14.8. The molecule has 0 aliphatic heterocycles. The first-order chi connectivity index (χ1) is 23.3. The molecule has 6 aromatic rings. The average Bonchev–Trinajstić information content (AvgIpc) is 3.91. The minimum absolute atomic E-state index is 0.0217. The van der Waals surface area contributed by atoms with Crippen LogP contribution in [0.2, 0.25) is 0 Å². The Labute approximate surface area is 283 Å². The number of anilines is 2. The molecule has 0 spiro atoms. The molecule has 0 saturated heterocycles. The van der Waals surface area contributed by atoms with Crippen molar-refractivity contribution >= 4 is 53.1 Å². The largest absolute Gasteiger partial charge is 0.472 e. The SMILES string of the molecule is CCn1c(SC(C)(C)C(=O)Nc2ccccc2)nnc1-c1coc(-c2ccc(NC(=O)CSc3nnc(-c4ccoc4)n3C=O)cc2)c1. The summed E-state index contributed by atoms with van der Waals surface area (Å²) in [6.07, 6.45) is 5.16. The molecule has 0 aliphatic carbocycles. The van der Waals surface area contributed by atoms with E-state index in [1.807, 2.05) is 73.9 Å². The molecule has 4 aromatic heterocycles. The van der Waals surface area contributed by atoms with Gasteiger partial charge >= 0.3 is 0 Å². The molecule has 2 aromatic carbocycles. The summed E-state index contributed by atoms with van der Waals surface area (Å²) in [5, 5.41) is 23.6. The van der Waals surface area contributed by atoms with E-state index in [4.69, 9.17) is 8.83 Å². The number of aromatic nitrogens is 6. The van der Waals surface area contributed by atoms with Crippen molar-refractivity contribution in [3.05, 3.63) is 85.5 Å². The number of carbonyl (C=O) groups is 3. The van der Waals surface area contributed by atoms with Crippen LogP contribution in [0.1, 0.15) is 20.8 Å². The third kappa shape index (κ3) is 7.11. The zero-order valence-electron chi connectivity index (χ0n) is 26.1. The zero-order chi connectivity index (χ0) is 33.7. The number of thioether (sulfide) groups is 2. The maximum atomic E-state index is 13.1. The molecule has 4 heterocycles. The lowest BCUT2D eigenvalue weighted by molar-refractivity contribution is -0.117. The topological polar surface area (TPSA) is 163 Å². The molecule has 48 heavy (non-hydrogen) atoms. The highest BCUT2D eigenvalue weighted by atomic mass is 32.2. The van der Waals surface area contributed by atoms with Gasteiger partial charge in [-0.05, 0) is 69.3 Å². The van der Waals surface area contributed by atoms with Gasteiger partial charge in [0.25, 0.3) is 0 Å². The van der Waals surface area contributed by atoms with Crippen LogP contribution >= 0.6 is 23.5 Å². The Bertz CT molecular complexity index is 2030. The minimum atomic E-state index is -0.816. The van der Waals surface area contributed by atoms with Crippen molar-refractivity contribution < 1.29 is 23.2 Å². The molecule has 0 saturated carbocycles. The smallest absolute Gasteiger partial charge is 0.240 e. The standard InChI is InChI=1S/C33H30N8O5S2/c1-4-40-29(37-39-32(40)48-33(2,3)30(44)35-24-8-6-5-7-9-24)23-16-26(46-18-23)21-10-12-25(13-11-21)34-27(43)19-47-31-38-36-28(41(31)20-42)22-14-15-45-17-22/h5-18,20H,4,19H2,1-3H3,(H,34,43)(H,35,44). The van der Waals surface area contributed by atoms with Gasteiger partial charge in [-0.15, -0.1) is 20.4 Å². The van der Waals surface area contributed by atoms with E-state index in [1.54, 1.807) is 24.5 Å². The number of hydrogen-bond donors (Lipinski definition) is 2. The van der Waals surface area contributed by atoms with Gasteiger partial charge in [0.2, 0.25) is 18.2 Å². The van der Waals surface area contributed by atoms with E-state index in [0.29, 0.717) is 51.9 Å². The van der Waals surface area contributed by atoms with Gasteiger partial charge < -0.3 is 24.0 Å². The highest BCUT2D eigenvalue weighted by Gasteiger charge is 2.32. The highest BCUT2D eigenvalue weighted by Crippen LogP contribution is 2.36. The van der Waals surface area contributed by atoms with Gasteiger partial charge in [0.05, 0.1) is 27.9 Å². The van der Waals surface area contributed by atoms with Crippen LogP contribution in [0.25, 0.3) is 34.1 Å². The van der Waals surface area contributed by atoms with Crippen molar-refractivity contribution in [3.8, 4) is 34.1 Å². The van der Waals surface area contributed by atoms with Gasteiger partial charge in [0, 0.05) is 23.5 Å². The fourth-order valence-corrected chi connectivity index (χ4v) is 6.36. The summed E-state index contributed by atoms with van der Waals surface area (Å²) < 4.78 is 13.3. The summed E-state index contributed by atoms with van der Waals surface area (Å²) in [7, 11) is 0. The number of hydrogen-bond acceptors (Lipinski definition) is 11. The second-order valence-electron chi connectivity index (χ2n) is 10.9. The first kappa shape index (κ1) is 32.5. The van der Waals surface area contributed by atoms with E-state index in [9.17, 15) is 14.4 Å². The second kappa shape index (κ2) is 14.1. The fourth-order valence-electron chi connectivity index (χ4n) is 4.65. The third-order valence-electron chi connectivity index (χ3n) is 7.15. The first-order valence-corrected chi connectivity index (χ1v) is 16.6. The highest BCUT2D eigenvalue weighted by molar-refractivity contribution is 8.01. The Morgan fingerprint density at radius 1 is 0.854 bits per heavy atom. The molecule has 0 fully saturated rings. The maximum Gasteiger partial charge on any atom is 0.240 e. The number of amides is 2. The van der Waals surface area contributed by atoms with Gasteiger partial charge in [0.15, 0.2) is 22.0 Å². The normalized spacial score (nSPS) is 11.4. The third-order valence-corrected chi connectivity index (χ3v) is 9.27. The summed E-state index contributed by atoms with van der Waals surface area (Å²) in [5.41, 5.74) is 3.47. The lowest BCUT2D eigenvalue weighted by Crippen LogP contribution is -2.34. The molecule has 2 N–H and O–H groups in total. The van der Waals surface area contributed by atoms with Crippen molar-refractivity contribution in [3.63, 3.8) is 0 Å². The van der Waals surface area contributed by atoms with Gasteiger partial charge in [-0.25, -0.2) is 4.57 Å². The van der Waals surface area contributed by atoms with Gasteiger partial charge in [-0.2, -0.15) is 0 Å². The molecule has 0 bridgehead atoms. The van der Waals surface area contributed by atoms with E-state index in [0.717, 1.165) is 28.6 Å². The van der Waals surface area contributed by atoms with Crippen LogP contribution in [0.15, 0.2) is 105 Å². The molecule has 0 atom stereocenters. The summed E-state index contributed by atoms with van der Waals surface area (Å²) >= 11 is 2.43. The Hall–Kier alpha value is -5.41. The maximum absolute atomic E-state index is 13.1. The molecule has 0 aliphatic rings. The molecule has 6 rings (SSSR count). The van der Waals surface area contributed by atoms with Crippen molar-refractivity contribution in [1.29, 1.82) is 0 Å². The molecular formula is C33H30N8O5S2. The second-order valence-corrected chi connectivity index (χ2v) is 13.4. The van der Waals surface area contributed by atoms with Crippen LogP contribution in [0.4, 0.5) is 11.4 Å². The van der Waals surface area contributed by atoms with Crippen LogP contribution in [0.3, 0.4) is 0 Å². The van der Waals surface area contributed by atoms with Crippen molar-refractivity contribution in [2.24, 2.45) is 0 Å². The lowest BCUT2D eigenvalue weighted by atomic mass is 10.1. The number of furan rings is 2. The molecule has 0 radical (unpaired) electrons. The zero-order valence-corrected chi connectivity index (χ0v) is 27.7. The van der Waals surface area contributed by atoms with Gasteiger partial charge in [-0.3, -0.25) is 14.4 Å². The molecule has 13 nitrogen and oxygen atoms in total. The van der Waals surface area contributed by atoms with Crippen molar-refractivity contribution in [1.82, 2.24) is 29.5 Å². The molecular weight excluding hydrogens is 653 g/mol. The molecule has 244 valence electrons. The number of rotatable bonds is 13. The van der Waals surface area contributed by atoms with Gasteiger partial charge in [0.1, 0.15) is 18.3 Å². The summed E-state index contributed by atoms with van der Waals surface area (Å²) in [5.74, 6) is 1.18. The Balaban J connectivity index is 1.08. The average molecular weight is 683 g/mol. The number of nitrogens with zero attached hydrogens (tertiary/aromatic N) is 6. The minimum Gasteiger partial charge on any atom is -0.472 e. The lowest BCUT2D eigenvalue weighted by Gasteiger charge is -2.22. The van der Waals surface area contributed by atoms with Crippen LogP contribution in [-0.2, 0) is 20.9 Å². The fraction of sp³-hybridized carbons (Fsp3) is 0.182. The monoisotopic (exact) mass is 682 g/mol. The van der Waals surface area contributed by atoms with E-state index >= 15 is 0 Å². The number of para-hydroxylation sites is 1. The Morgan fingerprint density at radius 3 is 2.29 bits per heavy atom. The van der Waals surface area contributed by atoms with E-state index in [1.165, 1.54) is 28.9 Å². The van der Waals surface area contributed by atoms with Crippen LogP contribution < -0.4 is 10.6 Å². The van der Waals surface area contributed by atoms with Crippen LogP contribution in [0, 0.1) is 0 Å². The van der Waals surface area contributed by atoms with E-state index in [2.05, 4.69) is 31.0 Å². The summed E-state index contributed by atoms with van der Waals surface area (Å²) in [6, 6.07) is 20.1. The Kier molecular flexibility index (Phi) is 9.59. The number of carbonyl (C=O) groups excluding carboxylic acids is 3. The Morgan fingerprint density at radius 2 is 1.58 bits per heavy atom. The summed E-state index contributed by atoms with van der Waals surface area (Å²) in [6.45, 7) is 6.29. The van der Waals surface area contributed by atoms with E-state index < -0.39 is 4.75 Å². The van der Waals surface area contributed by atoms with Crippen LogP contribution in [0.5, 0.6) is 0 Å². The van der Waals surface area contributed by atoms with Crippen LogP contribution in [-0.4, -0.2) is 58.3 Å². The quantitative estimate of drug-likeness (QED) is 0.103.